The quantitative estimate of drug-likeness (QED) is 0.883. The molecule has 0 spiro atoms. The van der Waals surface area contributed by atoms with Gasteiger partial charge in [0.2, 0.25) is 0 Å². The Labute approximate surface area is 104 Å². The summed E-state index contributed by atoms with van der Waals surface area (Å²) in [5.74, 6) is 0. The van der Waals surface area contributed by atoms with Crippen LogP contribution in [0.2, 0.25) is 0 Å². The zero-order chi connectivity index (χ0) is 12.2. The fraction of sp³-hybridized carbons (Fsp3) is 0.455. The molecular formula is C11H15ClF3NO. The first kappa shape index (κ1) is 16.2. The van der Waals surface area contributed by atoms with E-state index in [1.807, 2.05) is 0 Å². The van der Waals surface area contributed by atoms with Crippen molar-refractivity contribution in [1.29, 1.82) is 0 Å². The Hall–Kier alpha value is -0.780. The average molecular weight is 270 g/mol. The van der Waals surface area contributed by atoms with E-state index in [9.17, 15) is 13.2 Å². The average Bonchev–Trinajstić information content (AvgIpc) is 2.24. The molecule has 0 amide bonds. The molecule has 0 aliphatic heterocycles. The first-order chi connectivity index (χ1) is 7.46. The highest BCUT2D eigenvalue weighted by Gasteiger charge is 2.34. The molecule has 3 N–H and O–H groups in total. The predicted molar refractivity (Wildman–Crippen MR) is 61.9 cm³/mol. The summed E-state index contributed by atoms with van der Waals surface area (Å²) in [6.07, 6.45) is -3.65. The summed E-state index contributed by atoms with van der Waals surface area (Å²) in [5, 5.41) is 8.61. The maximum absolute atomic E-state index is 12.6. The molecule has 0 heterocycles. The van der Waals surface area contributed by atoms with Crippen molar-refractivity contribution in [1.82, 2.24) is 0 Å². The Morgan fingerprint density at radius 3 is 2.35 bits per heavy atom. The number of halogens is 4. The van der Waals surface area contributed by atoms with E-state index in [0.29, 0.717) is 12.8 Å². The second kappa shape index (κ2) is 6.83. The minimum Gasteiger partial charge on any atom is -0.396 e. The van der Waals surface area contributed by atoms with E-state index in [4.69, 9.17) is 10.8 Å². The lowest BCUT2D eigenvalue weighted by molar-refractivity contribution is -0.138. The van der Waals surface area contributed by atoms with Gasteiger partial charge < -0.3 is 10.8 Å². The van der Waals surface area contributed by atoms with Gasteiger partial charge in [-0.1, -0.05) is 18.2 Å². The molecule has 1 atom stereocenters. The van der Waals surface area contributed by atoms with E-state index in [-0.39, 0.29) is 24.6 Å². The highest BCUT2D eigenvalue weighted by Crippen LogP contribution is 2.34. The van der Waals surface area contributed by atoms with E-state index >= 15 is 0 Å². The van der Waals surface area contributed by atoms with Gasteiger partial charge >= 0.3 is 6.18 Å². The molecule has 0 aliphatic rings. The zero-order valence-corrected chi connectivity index (χ0v) is 9.89. The lowest BCUT2D eigenvalue weighted by Crippen LogP contribution is -2.17. The molecule has 0 saturated heterocycles. The molecule has 6 heteroatoms. The van der Waals surface area contributed by atoms with Crippen molar-refractivity contribution in [2.24, 2.45) is 5.73 Å². The standard InChI is InChI=1S/C11H14F3NO.ClH/c12-11(13,14)9-5-2-1-4-8(9)10(15)6-3-7-16;/h1-2,4-5,10,16H,3,6-7,15H2;1H/t10-;/m0./s1. The van der Waals surface area contributed by atoms with Gasteiger partial charge in [-0.3, -0.25) is 0 Å². The summed E-state index contributed by atoms with van der Waals surface area (Å²) in [5.41, 5.74) is 5.06. The maximum atomic E-state index is 12.6. The first-order valence-corrected chi connectivity index (χ1v) is 4.99. The van der Waals surface area contributed by atoms with Crippen LogP contribution < -0.4 is 5.73 Å². The number of alkyl halides is 3. The number of hydrogen-bond donors (Lipinski definition) is 2. The van der Waals surface area contributed by atoms with Gasteiger partial charge in [0.25, 0.3) is 0 Å². The Bertz CT molecular complexity index is 344. The van der Waals surface area contributed by atoms with Crippen LogP contribution >= 0.6 is 12.4 Å². The van der Waals surface area contributed by atoms with Gasteiger partial charge in [0.05, 0.1) is 5.56 Å². The highest BCUT2D eigenvalue weighted by atomic mass is 35.5. The molecule has 17 heavy (non-hydrogen) atoms. The van der Waals surface area contributed by atoms with Crippen LogP contribution in [-0.4, -0.2) is 11.7 Å². The molecule has 0 radical (unpaired) electrons. The number of hydrogen-bond acceptors (Lipinski definition) is 2. The first-order valence-electron chi connectivity index (χ1n) is 4.99. The third-order valence-electron chi connectivity index (χ3n) is 2.34. The molecule has 2 nitrogen and oxygen atoms in total. The van der Waals surface area contributed by atoms with Gasteiger partial charge in [0.15, 0.2) is 0 Å². The minimum atomic E-state index is -4.38. The smallest absolute Gasteiger partial charge is 0.396 e. The summed E-state index contributed by atoms with van der Waals surface area (Å²) in [6, 6.07) is 4.58. The fourth-order valence-electron chi connectivity index (χ4n) is 1.55. The van der Waals surface area contributed by atoms with Crippen LogP contribution in [0.1, 0.15) is 30.0 Å². The number of aliphatic hydroxyl groups excluding tert-OH is 1. The lowest BCUT2D eigenvalue weighted by atomic mass is 9.97. The number of aliphatic hydroxyl groups is 1. The SMILES string of the molecule is Cl.N[C@@H](CCCO)c1ccccc1C(F)(F)F. The Morgan fingerprint density at radius 1 is 1.24 bits per heavy atom. The molecule has 0 unspecified atom stereocenters. The predicted octanol–water partition coefficient (Wildman–Crippen LogP) is 2.90. The number of nitrogens with two attached hydrogens (primary N) is 1. The Balaban J connectivity index is 0.00000256. The molecule has 0 saturated carbocycles. The molecular weight excluding hydrogens is 255 g/mol. The van der Waals surface area contributed by atoms with E-state index in [0.717, 1.165) is 6.07 Å². The van der Waals surface area contributed by atoms with Crippen LogP contribution in [0.15, 0.2) is 24.3 Å². The molecule has 1 rings (SSSR count). The molecule has 0 fully saturated rings. The molecule has 98 valence electrons. The Kier molecular flexibility index (Phi) is 6.52. The largest absolute Gasteiger partial charge is 0.416 e. The van der Waals surface area contributed by atoms with E-state index < -0.39 is 17.8 Å². The highest BCUT2D eigenvalue weighted by molar-refractivity contribution is 5.85. The van der Waals surface area contributed by atoms with Crippen LogP contribution in [0.3, 0.4) is 0 Å². The van der Waals surface area contributed by atoms with Crippen molar-refractivity contribution in [3.05, 3.63) is 35.4 Å². The van der Waals surface area contributed by atoms with Crippen molar-refractivity contribution in [3.63, 3.8) is 0 Å². The third kappa shape index (κ3) is 4.53. The fourth-order valence-corrected chi connectivity index (χ4v) is 1.55. The van der Waals surface area contributed by atoms with Crippen LogP contribution in [0.5, 0.6) is 0 Å². The van der Waals surface area contributed by atoms with Crippen molar-refractivity contribution < 1.29 is 18.3 Å². The van der Waals surface area contributed by atoms with Crippen LogP contribution in [0.4, 0.5) is 13.2 Å². The summed E-state index contributed by atoms with van der Waals surface area (Å²) >= 11 is 0. The Morgan fingerprint density at radius 2 is 1.82 bits per heavy atom. The molecule has 0 bridgehead atoms. The van der Waals surface area contributed by atoms with Gasteiger partial charge in [-0.2, -0.15) is 13.2 Å². The van der Waals surface area contributed by atoms with Crippen molar-refractivity contribution in [2.45, 2.75) is 25.1 Å². The van der Waals surface area contributed by atoms with Crippen LogP contribution in [0, 0.1) is 0 Å². The van der Waals surface area contributed by atoms with Gasteiger partial charge in [-0.25, -0.2) is 0 Å². The molecule has 1 aromatic rings. The molecule has 1 aromatic carbocycles. The van der Waals surface area contributed by atoms with Gasteiger partial charge in [0.1, 0.15) is 0 Å². The second-order valence-electron chi connectivity index (χ2n) is 3.56. The monoisotopic (exact) mass is 269 g/mol. The summed E-state index contributed by atoms with van der Waals surface area (Å²) in [6.45, 7) is -0.0676. The number of rotatable bonds is 4. The number of benzene rings is 1. The van der Waals surface area contributed by atoms with E-state index in [1.54, 1.807) is 0 Å². The summed E-state index contributed by atoms with van der Waals surface area (Å²) in [7, 11) is 0. The lowest BCUT2D eigenvalue weighted by Gasteiger charge is -2.17. The van der Waals surface area contributed by atoms with Crippen LogP contribution in [0.25, 0.3) is 0 Å². The summed E-state index contributed by atoms with van der Waals surface area (Å²) < 4.78 is 37.9. The topological polar surface area (TPSA) is 46.2 Å². The van der Waals surface area contributed by atoms with Crippen molar-refractivity contribution in [3.8, 4) is 0 Å². The molecule has 0 aromatic heterocycles. The van der Waals surface area contributed by atoms with Gasteiger partial charge in [-0.15, -0.1) is 12.4 Å². The van der Waals surface area contributed by atoms with E-state index in [1.165, 1.54) is 18.2 Å². The minimum absolute atomic E-state index is 0. The van der Waals surface area contributed by atoms with Gasteiger partial charge in [-0.05, 0) is 24.5 Å². The normalized spacial score (nSPS) is 13.0. The van der Waals surface area contributed by atoms with Crippen LogP contribution in [-0.2, 0) is 6.18 Å². The maximum Gasteiger partial charge on any atom is 0.416 e. The van der Waals surface area contributed by atoms with E-state index in [2.05, 4.69) is 0 Å². The van der Waals surface area contributed by atoms with Crippen molar-refractivity contribution >= 4 is 12.4 Å². The van der Waals surface area contributed by atoms with Crippen molar-refractivity contribution in [2.75, 3.05) is 6.61 Å². The zero-order valence-electron chi connectivity index (χ0n) is 9.07. The third-order valence-corrected chi connectivity index (χ3v) is 2.34. The molecule has 0 aliphatic carbocycles. The summed E-state index contributed by atoms with van der Waals surface area (Å²) in [4.78, 5) is 0. The van der Waals surface area contributed by atoms with Gasteiger partial charge in [0, 0.05) is 12.6 Å². The second-order valence-corrected chi connectivity index (χ2v) is 3.56.